The highest BCUT2D eigenvalue weighted by molar-refractivity contribution is 5.46. The molecule has 2 heteroatoms. The minimum Gasteiger partial charge on any atom is -0.378 e. The van der Waals surface area contributed by atoms with E-state index in [-0.39, 0.29) is 6.10 Å². The molecule has 1 aromatic rings. The van der Waals surface area contributed by atoms with Crippen LogP contribution in [0.15, 0.2) is 35.9 Å². The van der Waals surface area contributed by atoms with Crippen LogP contribution in [0.4, 0.5) is 5.69 Å². The molecule has 0 radical (unpaired) electrons. The van der Waals surface area contributed by atoms with Crippen molar-refractivity contribution in [1.29, 1.82) is 0 Å². The van der Waals surface area contributed by atoms with E-state index in [1.54, 1.807) is 0 Å². The summed E-state index contributed by atoms with van der Waals surface area (Å²) in [6.45, 7) is 7.91. The van der Waals surface area contributed by atoms with Crippen molar-refractivity contribution in [3.05, 3.63) is 41.5 Å². The molecule has 1 aliphatic heterocycles. The van der Waals surface area contributed by atoms with Crippen molar-refractivity contribution in [2.45, 2.75) is 26.9 Å². The topological polar surface area (TPSA) is 12.5 Å². The van der Waals surface area contributed by atoms with E-state index in [2.05, 4.69) is 70.1 Å². The van der Waals surface area contributed by atoms with Gasteiger partial charge >= 0.3 is 0 Å². The molecule has 114 valence electrons. The summed E-state index contributed by atoms with van der Waals surface area (Å²) in [5.41, 5.74) is 4.07. The molecule has 3 rings (SSSR count). The van der Waals surface area contributed by atoms with E-state index in [4.69, 9.17) is 4.74 Å². The highest BCUT2D eigenvalue weighted by Crippen LogP contribution is 2.49. The maximum Gasteiger partial charge on any atom is 0.0892 e. The van der Waals surface area contributed by atoms with Gasteiger partial charge in [0, 0.05) is 25.7 Å². The molecule has 2 aliphatic rings. The molecule has 1 heterocycles. The second kappa shape index (κ2) is 5.49. The van der Waals surface area contributed by atoms with Crippen LogP contribution in [0.3, 0.4) is 0 Å². The Labute approximate surface area is 128 Å². The monoisotopic (exact) mass is 285 g/mol. The van der Waals surface area contributed by atoms with Gasteiger partial charge in [-0.3, -0.25) is 0 Å². The number of benzene rings is 1. The van der Waals surface area contributed by atoms with Gasteiger partial charge in [-0.2, -0.15) is 0 Å². The Bertz CT molecular complexity index is 531. The second-order valence-corrected chi connectivity index (χ2v) is 7.06. The Hall–Kier alpha value is -1.28. The first kappa shape index (κ1) is 14.6. The third-order valence-electron chi connectivity index (χ3n) is 5.50. The van der Waals surface area contributed by atoms with Gasteiger partial charge in [-0.05, 0) is 42.4 Å². The summed E-state index contributed by atoms with van der Waals surface area (Å²) in [5, 5.41) is 0. The number of ether oxygens (including phenoxy) is 1. The number of hydrogen-bond acceptors (Lipinski definition) is 2. The average Bonchev–Trinajstić information content (AvgIpc) is 2.44. The number of hydrogen-bond donors (Lipinski definition) is 0. The standard InChI is InChI=1S/C19H27NO/c1-12-10-13(2)18-14(3)17(12)11-21-19(18)15-6-8-16(9-7-15)20(4)5/h6-10,12,14,17-19H,11H2,1-5H3/t12-,14+,17+,18+,19+/m0/s1. The summed E-state index contributed by atoms with van der Waals surface area (Å²) in [6.07, 6.45) is 2.69. The lowest BCUT2D eigenvalue weighted by Crippen LogP contribution is -2.42. The zero-order chi connectivity index (χ0) is 15.1. The van der Waals surface area contributed by atoms with E-state index >= 15 is 0 Å². The van der Waals surface area contributed by atoms with Crippen LogP contribution in [0.1, 0.15) is 32.4 Å². The molecule has 1 aliphatic carbocycles. The maximum absolute atomic E-state index is 6.29. The van der Waals surface area contributed by atoms with Gasteiger partial charge in [0.05, 0.1) is 12.7 Å². The van der Waals surface area contributed by atoms with Crippen molar-refractivity contribution in [2.24, 2.45) is 23.7 Å². The molecule has 2 bridgehead atoms. The predicted octanol–water partition coefficient (Wildman–Crippen LogP) is 4.29. The minimum absolute atomic E-state index is 0.219. The molecule has 1 aromatic carbocycles. The van der Waals surface area contributed by atoms with Crippen molar-refractivity contribution in [2.75, 3.05) is 25.6 Å². The molecule has 0 unspecified atom stereocenters. The molecular weight excluding hydrogens is 258 g/mol. The largest absolute Gasteiger partial charge is 0.378 e. The van der Waals surface area contributed by atoms with E-state index < -0.39 is 0 Å². The van der Waals surface area contributed by atoms with Crippen molar-refractivity contribution in [3.8, 4) is 0 Å². The number of anilines is 1. The lowest BCUT2D eigenvalue weighted by atomic mass is 9.64. The lowest BCUT2D eigenvalue weighted by molar-refractivity contribution is -0.0934. The first-order valence-corrected chi connectivity index (χ1v) is 8.06. The third kappa shape index (κ3) is 2.50. The minimum atomic E-state index is 0.219. The van der Waals surface area contributed by atoms with Crippen LogP contribution in [0.25, 0.3) is 0 Å². The van der Waals surface area contributed by atoms with E-state index in [0.717, 1.165) is 6.61 Å². The summed E-state index contributed by atoms with van der Waals surface area (Å²) in [6, 6.07) is 8.86. The fourth-order valence-electron chi connectivity index (χ4n) is 4.21. The third-order valence-corrected chi connectivity index (χ3v) is 5.50. The van der Waals surface area contributed by atoms with E-state index in [1.165, 1.54) is 16.8 Å². The lowest BCUT2D eigenvalue weighted by Gasteiger charge is -2.47. The number of allylic oxidation sites excluding steroid dienone is 1. The van der Waals surface area contributed by atoms with Crippen molar-refractivity contribution < 1.29 is 4.74 Å². The number of nitrogens with zero attached hydrogens (tertiary/aromatic N) is 1. The van der Waals surface area contributed by atoms with Gasteiger partial charge in [0.25, 0.3) is 0 Å². The van der Waals surface area contributed by atoms with Crippen LogP contribution in [0, 0.1) is 23.7 Å². The fraction of sp³-hybridized carbons (Fsp3) is 0.579. The van der Waals surface area contributed by atoms with Crippen molar-refractivity contribution in [3.63, 3.8) is 0 Å². The molecule has 0 N–H and O–H groups in total. The van der Waals surface area contributed by atoms with Crippen LogP contribution >= 0.6 is 0 Å². The van der Waals surface area contributed by atoms with Gasteiger partial charge in [-0.1, -0.05) is 37.6 Å². The predicted molar refractivity (Wildman–Crippen MR) is 88.5 cm³/mol. The van der Waals surface area contributed by atoms with Crippen molar-refractivity contribution >= 4 is 5.69 Å². The Morgan fingerprint density at radius 1 is 1.10 bits per heavy atom. The molecule has 0 spiro atoms. The van der Waals surface area contributed by atoms with Crippen LogP contribution < -0.4 is 4.90 Å². The molecule has 21 heavy (non-hydrogen) atoms. The molecule has 5 atom stereocenters. The Balaban J connectivity index is 1.90. The average molecular weight is 285 g/mol. The summed E-state index contributed by atoms with van der Waals surface area (Å²) in [5.74, 6) is 2.56. The highest BCUT2D eigenvalue weighted by Gasteiger charge is 2.43. The normalized spacial score (nSPS) is 35.3. The fourth-order valence-corrected chi connectivity index (χ4v) is 4.21. The summed E-state index contributed by atoms with van der Waals surface area (Å²) >= 11 is 0. The molecule has 1 fully saturated rings. The Morgan fingerprint density at radius 3 is 2.38 bits per heavy atom. The summed E-state index contributed by atoms with van der Waals surface area (Å²) < 4.78 is 6.29. The van der Waals surface area contributed by atoms with Gasteiger partial charge < -0.3 is 9.64 Å². The van der Waals surface area contributed by atoms with Gasteiger partial charge in [0.2, 0.25) is 0 Å². The Morgan fingerprint density at radius 2 is 1.76 bits per heavy atom. The first-order chi connectivity index (χ1) is 9.99. The molecule has 0 aromatic heterocycles. The molecule has 0 saturated carbocycles. The van der Waals surface area contributed by atoms with Gasteiger partial charge in [0.15, 0.2) is 0 Å². The summed E-state index contributed by atoms with van der Waals surface area (Å²) in [7, 11) is 4.16. The van der Waals surface area contributed by atoms with E-state index in [1.807, 2.05) is 0 Å². The number of fused-ring (bicyclic) bond motifs is 2. The second-order valence-electron chi connectivity index (χ2n) is 7.06. The van der Waals surface area contributed by atoms with E-state index in [9.17, 15) is 0 Å². The van der Waals surface area contributed by atoms with Gasteiger partial charge in [-0.25, -0.2) is 0 Å². The molecule has 0 amide bonds. The smallest absolute Gasteiger partial charge is 0.0892 e. The van der Waals surface area contributed by atoms with Crippen LogP contribution in [0.5, 0.6) is 0 Å². The molecule has 1 saturated heterocycles. The quantitative estimate of drug-likeness (QED) is 0.752. The van der Waals surface area contributed by atoms with Crippen molar-refractivity contribution in [1.82, 2.24) is 0 Å². The Kier molecular flexibility index (Phi) is 3.83. The van der Waals surface area contributed by atoms with Gasteiger partial charge in [0.1, 0.15) is 0 Å². The zero-order valence-electron chi connectivity index (χ0n) is 13.8. The number of rotatable bonds is 2. The molecular formula is C19H27NO. The maximum atomic E-state index is 6.29. The van der Waals surface area contributed by atoms with Crippen LogP contribution in [0.2, 0.25) is 0 Å². The first-order valence-electron chi connectivity index (χ1n) is 8.06. The van der Waals surface area contributed by atoms with E-state index in [0.29, 0.717) is 23.7 Å². The van der Waals surface area contributed by atoms with Crippen LogP contribution in [-0.4, -0.2) is 20.7 Å². The summed E-state index contributed by atoms with van der Waals surface area (Å²) in [4.78, 5) is 2.14. The molecule has 2 nitrogen and oxygen atoms in total. The SMILES string of the molecule is CC1=C[C@H](C)[C@H]2CO[C@H](c3ccc(N(C)C)cc3)[C@H]1[C@@H]2C. The van der Waals surface area contributed by atoms with Crippen LogP contribution in [-0.2, 0) is 4.74 Å². The highest BCUT2D eigenvalue weighted by atomic mass is 16.5. The zero-order valence-corrected chi connectivity index (χ0v) is 13.8. The van der Waals surface area contributed by atoms with Gasteiger partial charge in [-0.15, -0.1) is 0 Å².